The number of unbranched alkanes of at least 4 members (excludes halogenated alkanes) is 6. The zero-order valence-electron chi connectivity index (χ0n) is 13.6. The Balaban J connectivity index is -0.000000300. The maximum Gasteiger partial charge on any atom is 0.195 e. The van der Waals surface area contributed by atoms with Crippen LogP contribution in [0.15, 0.2) is 12.7 Å². The zero-order valence-corrected chi connectivity index (χ0v) is 14.5. The van der Waals surface area contributed by atoms with Gasteiger partial charge in [-0.15, -0.1) is 19.0 Å². The molecule has 0 rings (SSSR count). The van der Waals surface area contributed by atoms with Gasteiger partial charge in [-0.1, -0.05) is 52.0 Å². The molecule has 0 saturated carbocycles. The number of hydrogen-bond acceptors (Lipinski definition) is 2. The van der Waals surface area contributed by atoms with E-state index in [0.29, 0.717) is 0 Å². The first-order valence-corrected chi connectivity index (χ1v) is 7.62. The highest BCUT2D eigenvalue weighted by molar-refractivity contribution is 5.94. The molecule has 0 bridgehead atoms. The van der Waals surface area contributed by atoms with E-state index in [4.69, 9.17) is 16.6 Å². The third kappa shape index (κ3) is 27.8. The number of nitrogens with one attached hydrogen (secondary N) is 4. The third-order valence-electron chi connectivity index (χ3n) is 2.60. The number of allylic oxidation sites excluding steroid dienone is 1. The van der Waals surface area contributed by atoms with Gasteiger partial charge >= 0.3 is 0 Å². The molecule has 0 saturated heterocycles. The molecule has 0 amide bonds. The van der Waals surface area contributed by atoms with Gasteiger partial charge in [-0.2, -0.15) is 0 Å². The van der Waals surface area contributed by atoms with Gasteiger partial charge in [-0.25, -0.2) is 0 Å². The van der Waals surface area contributed by atoms with E-state index >= 15 is 0 Å². The number of guanidine groups is 2. The van der Waals surface area contributed by atoms with Gasteiger partial charge in [-0.3, -0.25) is 16.1 Å². The van der Waals surface area contributed by atoms with E-state index in [1.807, 2.05) is 6.08 Å². The fourth-order valence-electron chi connectivity index (χ4n) is 1.46. The van der Waals surface area contributed by atoms with Crippen LogP contribution < -0.4 is 16.4 Å². The smallest absolute Gasteiger partial charge is 0.195 e. The third-order valence-corrected chi connectivity index (χ3v) is 2.60. The second kappa shape index (κ2) is 21.1. The van der Waals surface area contributed by atoms with Gasteiger partial charge in [0, 0.05) is 6.54 Å². The minimum atomic E-state index is -0.209. The van der Waals surface area contributed by atoms with Gasteiger partial charge in [0.1, 0.15) is 0 Å². The summed E-state index contributed by atoms with van der Waals surface area (Å²) in [7, 11) is 0. The molecule has 0 aliphatic carbocycles. The number of rotatable bonds is 9. The molecule has 6 heteroatoms. The monoisotopic (exact) mass is 319 g/mol. The molecule has 0 aliphatic rings. The Labute approximate surface area is 136 Å². The van der Waals surface area contributed by atoms with Crippen LogP contribution in [0.25, 0.3) is 0 Å². The lowest BCUT2D eigenvalue weighted by Crippen LogP contribution is -2.43. The molecule has 0 fully saturated rings. The summed E-state index contributed by atoms with van der Waals surface area (Å²) >= 11 is 0. The summed E-state index contributed by atoms with van der Waals surface area (Å²) in [6.45, 7) is 8.74. The second-order valence-corrected chi connectivity index (χ2v) is 4.69. The molecule has 5 nitrogen and oxygen atoms in total. The second-order valence-electron chi connectivity index (χ2n) is 4.69. The molecular formula is C15H34ClN5. The molecule has 6 N–H and O–H groups in total. The van der Waals surface area contributed by atoms with Gasteiger partial charge in [0.05, 0.1) is 0 Å². The van der Waals surface area contributed by atoms with Crippen LogP contribution in [0.5, 0.6) is 0 Å². The SMILES string of the molecule is C=CCCCCCCC.CCCCNC(=N)NC(=N)N.Cl. The fourth-order valence-corrected chi connectivity index (χ4v) is 1.46. The van der Waals surface area contributed by atoms with Crippen molar-refractivity contribution in [2.75, 3.05) is 6.54 Å². The highest BCUT2D eigenvalue weighted by atomic mass is 35.5. The molecule has 0 aromatic carbocycles. The Kier molecular flexibility index (Phi) is 24.9. The molecule has 0 radical (unpaired) electrons. The summed E-state index contributed by atoms with van der Waals surface area (Å²) in [5.41, 5.74) is 4.99. The summed E-state index contributed by atoms with van der Waals surface area (Å²) in [4.78, 5) is 0. The average molecular weight is 320 g/mol. The lowest BCUT2D eigenvalue weighted by atomic mass is 10.1. The van der Waals surface area contributed by atoms with E-state index in [0.717, 1.165) is 19.4 Å². The van der Waals surface area contributed by atoms with Gasteiger partial charge in [-0.05, 0) is 19.3 Å². The van der Waals surface area contributed by atoms with Crippen LogP contribution in [0.4, 0.5) is 0 Å². The van der Waals surface area contributed by atoms with E-state index in [9.17, 15) is 0 Å². The van der Waals surface area contributed by atoms with Crippen LogP contribution in [0.1, 0.15) is 65.2 Å². The van der Waals surface area contributed by atoms with Crippen molar-refractivity contribution in [1.82, 2.24) is 10.6 Å². The summed E-state index contributed by atoms with van der Waals surface area (Å²) in [5.74, 6) is -0.120. The molecule has 126 valence electrons. The first-order chi connectivity index (χ1) is 9.58. The van der Waals surface area contributed by atoms with E-state index in [-0.39, 0.29) is 24.3 Å². The van der Waals surface area contributed by atoms with Crippen molar-refractivity contribution in [3.8, 4) is 0 Å². The molecule has 0 aromatic rings. The van der Waals surface area contributed by atoms with Crippen molar-refractivity contribution in [3.63, 3.8) is 0 Å². The Morgan fingerprint density at radius 3 is 2.10 bits per heavy atom. The topological polar surface area (TPSA) is 97.8 Å². The van der Waals surface area contributed by atoms with Crippen LogP contribution in [0.3, 0.4) is 0 Å². The van der Waals surface area contributed by atoms with Crippen molar-refractivity contribution in [1.29, 1.82) is 10.8 Å². The number of nitrogens with two attached hydrogens (primary N) is 1. The predicted molar refractivity (Wildman–Crippen MR) is 96.5 cm³/mol. The lowest BCUT2D eigenvalue weighted by molar-refractivity contribution is 0.638. The summed E-state index contributed by atoms with van der Waals surface area (Å²) in [6, 6.07) is 0. The molecule has 0 spiro atoms. The fraction of sp³-hybridized carbons (Fsp3) is 0.733. The van der Waals surface area contributed by atoms with Gasteiger partial charge in [0.25, 0.3) is 0 Å². The van der Waals surface area contributed by atoms with E-state index in [2.05, 4.69) is 31.1 Å². The summed E-state index contributed by atoms with van der Waals surface area (Å²) in [5, 5.41) is 19.0. The largest absolute Gasteiger partial charge is 0.370 e. The molecule has 0 aliphatic heterocycles. The Morgan fingerprint density at radius 2 is 1.62 bits per heavy atom. The van der Waals surface area contributed by atoms with E-state index < -0.39 is 0 Å². The quantitative estimate of drug-likeness (QED) is 0.194. The molecule has 0 unspecified atom stereocenters. The van der Waals surface area contributed by atoms with E-state index in [1.165, 1.54) is 38.5 Å². The lowest BCUT2D eigenvalue weighted by Gasteiger charge is -2.06. The van der Waals surface area contributed by atoms with Crippen LogP contribution in [-0.4, -0.2) is 18.5 Å². The number of halogens is 1. The molecule has 21 heavy (non-hydrogen) atoms. The van der Waals surface area contributed by atoms with Crippen LogP contribution >= 0.6 is 12.4 Å². The highest BCUT2D eigenvalue weighted by Crippen LogP contribution is 2.04. The molecular weight excluding hydrogens is 286 g/mol. The van der Waals surface area contributed by atoms with Gasteiger partial charge in [0.15, 0.2) is 11.9 Å². The summed E-state index contributed by atoms with van der Waals surface area (Å²) < 4.78 is 0. The maximum atomic E-state index is 7.15. The number of hydrogen-bond donors (Lipinski definition) is 5. The Hall–Kier alpha value is -1.23. The summed E-state index contributed by atoms with van der Waals surface area (Å²) in [6.07, 6.45) is 12.2. The van der Waals surface area contributed by atoms with Crippen molar-refractivity contribution >= 4 is 24.3 Å². The standard InChI is InChI=1S/C9H18.C6H15N5.ClH/c1-3-5-7-9-8-6-4-2;1-2-3-4-10-6(9)11-5(7)8;/h3H,1,4-9H2,2H3;2-4H2,1H3,(H6,7,8,9,10,11);1H. The van der Waals surface area contributed by atoms with Crippen LogP contribution in [-0.2, 0) is 0 Å². The minimum absolute atomic E-state index is 0. The zero-order chi connectivity index (χ0) is 15.6. The Morgan fingerprint density at radius 1 is 1.05 bits per heavy atom. The van der Waals surface area contributed by atoms with Crippen molar-refractivity contribution in [3.05, 3.63) is 12.7 Å². The van der Waals surface area contributed by atoms with Crippen molar-refractivity contribution in [2.24, 2.45) is 5.73 Å². The average Bonchev–Trinajstić information content (AvgIpc) is 2.39. The van der Waals surface area contributed by atoms with Crippen molar-refractivity contribution in [2.45, 2.75) is 65.2 Å². The molecule has 0 aromatic heterocycles. The van der Waals surface area contributed by atoms with Gasteiger partial charge in [0.2, 0.25) is 0 Å². The Bertz CT molecular complexity index is 256. The van der Waals surface area contributed by atoms with Crippen LogP contribution in [0.2, 0.25) is 0 Å². The van der Waals surface area contributed by atoms with E-state index in [1.54, 1.807) is 0 Å². The maximum absolute atomic E-state index is 7.15. The molecule has 0 heterocycles. The van der Waals surface area contributed by atoms with Gasteiger partial charge < -0.3 is 11.1 Å². The minimum Gasteiger partial charge on any atom is -0.370 e. The normalized spacial score (nSPS) is 8.67. The first kappa shape index (κ1) is 24.8. The van der Waals surface area contributed by atoms with Crippen molar-refractivity contribution < 1.29 is 0 Å². The molecule has 0 atom stereocenters. The highest BCUT2D eigenvalue weighted by Gasteiger charge is 1.93. The predicted octanol–water partition coefficient (Wildman–Crippen LogP) is 3.75. The first-order valence-electron chi connectivity index (χ1n) is 7.62. The van der Waals surface area contributed by atoms with Crippen LogP contribution in [0, 0.1) is 10.8 Å².